The zero-order chi connectivity index (χ0) is 11.3. The minimum atomic E-state index is 0.168. The SMILES string of the molecule is CC(C)(C)c1ccc(C=COC=O)cc1. The molecule has 0 heterocycles. The van der Waals surface area contributed by atoms with Gasteiger partial charge in [-0.05, 0) is 22.6 Å². The Morgan fingerprint density at radius 2 is 1.73 bits per heavy atom. The number of benzene rings is 1. The Bertz CT molecular complexity index is 342. The average molecular weight is 204 g/mol. The molecule has 0 saturated heterocycles. The maximum Gasteiger partial charge on any atom is 0.297 e. The smallest absolute Gasteiger partial charge is 0.297 e. The highest BCUT2D eigenvalue weighted by molar-refractivity contribution is 5.51. The van der Waals surface area contributed by atoms with E-state index >= 15 is 0 Å². The van der Waals surface area contributed by atoms with Gasteiger partial charge in [-0.2, -0.15) is 0 Å². The number of carbonyl (C=O) groups excluding carboxylic acids is 1. The molecule has 1 rings (SSSR count). The molecule has 2 nitrogen and oxygen atoms in total. The van der Waals surface area contributed by atoms with Gasteiger partial charge in [-0.25, -0.2) is 0 Å². The summed E-state index contributed by atoms with van der Waals surface area (Å²) >= 11 is 0. The van der Waals surface area contributed by atoms with Gasteiger partial charge in [0.25, 0.3) is 6.47 Å². The number of rotatable bonds is 3. The third-order valence-electron chi connectivity index (χ3n) is 2.17. The van der Waals surface area contributed by atoms with Gasteiger partial charge in [0.05, 0.1) is 6.26 Å². The van der Waals surface area contributed by atoms with E-state index in [9.17, 15) is 4.79 Å². The van der Waals surface area contributed by atoms with Crippen LogP contribution < -0.4 is 0 Å². The number of ether oxygens (including phenoxy) is 1. The van der Waals surface area contributed by atoms with Gasteiger partial charge < -0.3 is 4.74 Å². The molecule has 0 saturated carbocycles. The van der Waals surface area contributed by atoms with Crippen LogP contribution in [-0.2, 0) is 14.9 Å². The molecule has 0 fully saturated rings. The summed E-state index contributed by atoms with van der Waals surface area (Å²) in [5.74, 6) is 0. The van der Waals surface area contributed by atoms with E-state index in [4.69, 9.17) is 0 Å². The van der Waals surface area contributed by atoms with Crippen molar-refractivity contribution in [3.63, 3.8) is 0 Å². The molecular formula is C13H16O2. The fourth-order valence-electron chi connectivity index (χ4n) is 1.24. The molecule has 0 atom stereocenters. The summed E-state index contributed by atoms with van der Waals surface area (Å²) in [5, 5.41) is 0. The quantitative estimate of drug-likeness (QED) is 0.558. The number of hydrogen-bond acceptors (Lipinski definition) is 2. The third kappa shape index (κ3) is 3.58. The predicted molar refractivity (Wildman–Crippen MR) is 61.3 cm³/mol. The maximum atomic E-state index is 9.91. The second kappa shape index (κ2) is 4.78. The van der Waals surface area contributed by atoms with Crippen molar-refractivity contribution in [1.82, 2.24) is 0 Å². The summed E-state index contributed by atoms with van der Waals surface area (Å²) in [6, 6.07) is 8.18. The van der Waals surface area contributed by atoms with E-state index in [2.05, 4.69) is 37.6 Å². The van der Waals surface area contributed by atoms with E-state index in [1.165, 1.54) is 11.8 Å². The van der Waals surface area contributed by atoms with Gasteiger partial charge >= 0.3 is 0 Å². The van der Waals surface area contributed by atoms with Crippen LogP contribution in [0.15, 0.2) is 30.5 Å². The molecule has 0 aliphatic carbocycles. The van der Waals surface area contributed by atoms with Crippen LogP contribution in [0, 0.1) is 0 Å². The van der Waals surface area contributed by atoms with Crippen LogP contribution in [0.3, 0.4) is 0 Å². The molecule has 1 aromatic rings. The van der Waals surface area contributed by atoms with Gasteiger partial charge in [0.15, 0.2) is 0 Å². The Labute approximate surface area is 90.6 Å². The molecule has 0 radical (unpaired) electrons. The molecule has 0 spiro atoms. The normalized spacial score (nSPS) is 11.7. The first kappa shape index (κ1) is 11.5. The fraction of sp³-hybridized carbons (Fsp3) is 0.308. The first-order valence-electron chi connectivity index (χ1n) is 4.90. The molecule has 0 aliphatic rings. The van der Waals surface area contributed by atoms with Gasteiger partial charge in [0.1, 0.15) is 0 Å². The summed E-state index contributed by atoms with van der Waals surface area (Å²) in [6.45, 7) is 6.92. The molecule has 2 heteroatoms. The Hall–Kier alpha value is -1.57. The molecule has 0 unspecified atom stereocenters. The van der Waals surface area contributed by atoms with E-state index in [1.807, 2.05) is 12.1 Å². The van der Waals surface area contributed by atoms with E-state index in [1.54, 1.807) is 6.08 Å². The summed E-state index contributed by atoms with van der Waals surface area (Å²) in [6.07, 6.45) is 3.12. The lowest BCUT2D eigenvalue weighted by Gasteiger charge is -2.18. The van der Waals surface area contributed by atoms with Gasteiger partial charge in [0, 0.05) is 0 Å². The van der Waals surface area contributed by atoms with E-state index in [0.29, 0.717) is 6.47 Å². The highest BCUT2D eigenvalue weighted by atomic mass is 16.5. The first-order chi connectivity index (χ1) is 7.04. The Kier molecular flexibility index (Phi) is 3.67. The summed E-state index contributed by atoms with van der Waals surface area (Å²) in [7, 11) is 0. The predicted octanol–water partition coefficient (Wildman–Crippen LogP) is 3.13. The maximum absolute atomic E-state index is 9.91. The zero-order valence-electron chi connectivity index (χ0n) is 9.36. The Morgan fingerprint density at radius 3 is 2.20 bits per heavy atom. The summed E-state index contributed by atoms with van der Waals surface area (Å²) < 4.78 is 4.47. The van der Waals surface area contributed by atoms with Crippen LogP contribution in [0.1, 0.15) is 31.9 Å². The minimum absolute atomic E-state index is 0.168. The number of carbonyl (C=O) groups is 1. The topological polar surface area (TPSA) is 26.3 Å². The number of hydrogen-bond donors (Lipinski definition) is 0. The van der Waals surface area contributed by atoms with Crippen LogP contribution in [0.5, 0.6) is 0 Å². The monoisotopic (exact) mass is 204 g/mol. The van der Waals surface area contributed by atoms with Gasteiger partial charge in [-0.3, -0.25) is 4.79 Å². The van der Waals surface area contributed by atoms with E-state index in [-0.39, 0.29) is 5.41 Å². The summed E-state index contributed by atoms with van der Waals surface area (Å²) in [4.78, 5) is 9.91. The average Bonchev–Trinajstić information content (AvgIpc) is 2.18. The van der Waals surface area contributed by atoms with Gasteiger partial charge in [0.2, 0.25) is 0 Å². The largest absolute Gasteiger partial charge is 0.437 e. The van der Waals surface area contributed by atoms with Crippen molar-refractivity contribution in [3.8, 4) is 0 Å². The lowest BCUT2D eigenvalue weighted by molar-refractivity contribution is -0.123. The van der Waals surface area contributed by atoms with Crippen molar-refractivity contribution in [1.29, 1.82) is 0 Å². The Balaban J connectivity index is 2.77. The standard InChI is InChI=1S/C13H16O2/c1-13(2,3)12-6-4-11(5-7-12)8-9-15-10-14/h4-10H,1-3H3. The molecule has 0 aliphatic heterocycles. The molecule has 0 bridgehead atoms. The second-order valence-corrected chi connectivity index (χ2v) is 4.41. The van der Waals surface area contributed by atoms with Crippen molar-refractivity contribution in [2.24, 2.45) is 0 Å². The fourth-order valence-corrected chi connectivity index (χ4v) is 1.24. The van der Waals surface area contributed by atoms with Crippen molar-refractivity contribution < 1.29 is 9.53 Å². The van der Waals surface area contributed by atoms with E-state index in [0.717, 1.165) is 5.56 Å². The van der Waals surface area contributed by atoms with Crippen molar-refractivity contribution >= 4 is 12.5 Å². The summed E-state index contributed by atoms with van der Waals surface area (Å²) in [5.41, 5.74) is 2.47. The van der Waals surface area contributed by atoms with Crippen LogP contribution in [0.4, 0.5) is 0 Å². The lowest BCUT2D eigenvalue weighted by Crippen LogP contribution is -2.10. The molecule has 0 aromatic heterocycles. The molecule has 15 heavy (non-hydrogen) atoms. The van der Waals surface area contributed by atoms with E-state index < -0.39 is 0 Å². The van der Waals surface area contributed by atoms with Gasteiger partial charge in [-0.15, -0.1) is 0 Å². The molecule has 80 valence electrons. The van der Waals surface area contributed by atoms with Crippen LogP contribution in [0.2, 0.25) is 0 Å². The second-order valence-electron chi connectivity index (χ2n) is 4.41. The van der Waals surface area contributed by atoms with Crippen LogP contribution >= 0.6 is 0 Å². The first-order valence-corrected chi connectivity index (χ1v) is 4.90. The van der Waals surface area contributed by atoms with Crippen molar-refractivity contribution in [2.75, 3.05) is 0 Å². The highest BCUT2D eigenvalue weighted by Gasteiger charge is 2.12. The van der Waals surface area contributed by atoms with Crippen molar-refractivity contribution in [3.05, 3.63) is 41.7 Å². The Morgan fingerprint density at radius 1 is 1.13 bits per heavy atom. The molecule has 1 aromatic carbocycles. The highest BCUT2D eigenvalue weighted by Crippen LogP contribution is 2.22. The van der Waals surface area contributed by atoms with Gasteiger partial charge in [-0.1, -0.05) is 45.0 Å². The lowest BCUT2D eigenvalue weighted by atomic mass is 9.87. The van der Waals surface area contributed by atoms with Crippen LogP contribution in [0.25, 0.3) is 6.08 Å². The molecule has 0 amide bonds. The molecular weight excluding hydrogens is 188 g/mol. The third-order valence-corrected chi connectivity index (χ3v) is 2.17. The molecule has 0 N–H and O–H groups in total. The van der Waals surface area contributed by atoms with Crippen molar-refractivity contribution in [2.45, 2.75) is 26.2 Å². The zero-order valence-corrected chi connectivity index (χ0v) is 9.36. The van der Waals surface area contributed by atoms with Crippen LogP contribution in [-0.4, -0.2) is 6.47 Å². The minimum Gasteiger partial charge on any atom is -0.437 e.